The first kappa shape index (κ1) is 21.7. The molecule has 1 heterocycles. The Morgan fingerprint density at radius 2 is 1.55 bits per heavy atom. The van der Waals surface area contributed by atoms with Gasteiger partial charge in [-0.15, -0.1) is 0 Å². The zero-order chi connectivity index (χ0) is 20.5. The lowest BCUT2D eigenvalue weighted by Crippen LogP contribution is -2.56. The molecule has 2 aromatic rings. The smallest absolute Gasteiger partial charge is 0.164 e. The predicted octanol–water partition coefficient (Wildman–Crippen LogP) is 3.86. The van der Waals surface area contributed by atoms with E-state index >= 15 is 0 Å². The van der Waals surface area contributed by atoms with Crippen molar-refractivity contribution in [3.8, 4) is 0 Å². The Labute approximate surface area is 172 Å². The second kappa shape index (κ2) is 10.7. The summed E-state index contributed by atoms with van der Waals surface area (Å²) >= 11 is 0. The Balaban J connectivity index is 1.69. The van der Waals surface area contributed by atoms with Gasteiger partial charge in [0, 0.05) is 0 Å². The molecule has 0 radical (unpaired) electrons. The molecule has 0 saturated carbocycles. The molecule has 2 aromatic carbocycles. The third-order valence-corrected chi connectivity index (χ3v) is 4.66. The standard InChI is InChI=1S/C24H30O5/c1-24(2)28-21(14-9-15-25)23(27-17-20-12-7-4-8-13-20)22(29-24)18-26-16-19-10-5-3-6-11-19/h3-14,21-23,25H,15-18H2,1-2H3/t21-,22+,23?/m0/s1. The van der Waals surface area contributed by atoms with Gasteiger partial charge in [0.05, 0.1) is 26.4 Å². The highest BCUT2D eigenvalue weighted by Gasteiger charge is 2.43. The summed E-state index contributed by atoms with van der Waals surface area (Å²) in [5.74, 6) is -0.780. The summed E-state index contributed by atoms with van der Waals surface area (Å²) in [5, 5.41) is 9.22. The summed E-state index contributed by atoms with van der Waals surface area (Å²) in [6.07, 6.45) is 2.50. The normalized spacial score (nSPS) is 24.0. The van der Waals surface area contributed by atoms with Crippen molar-refractivity contribution in [1.82, 2.24) is 0 Å². The Morgan fingerprint density at radius 3 is 2.17 bits per heavy atom. The van der Waals surface area contributed by atoms with E-state index in [1.54, 1.807) is 6.08 Å². The maximum atomic E-state index is 9.22. The van der Waals surface area contributed by atoms with E-state index in [4.69, 9.17) is 18.9 Å². The van der Waals surface area contributed by atoms with Crippen LogP contribution in [0.15, 0.2) is 72.8 Å². The second-order valence-electron chi connectivity index (χ2n) is 7.51. The van der Waals surface area contributed by atoms with E-state index in [1.165, 1.54) is 0 Å². The van der Waals surface area contributed by atoms with Crippen LogP contribution in [0.1, 0.15) is 25.0 Å². The highest BCUT2D eigenvalue weighted by Crippen LogP contribution is 2.30. The van der Waals surface area contributed by atoms with Crippen molar-refractivity contribution in [3.63, 3.8) is 0 Å². The average molecular weight is 398 g/mol. The topological polar surface area (TPSA) is 57.2 Å². The fourth-order valence-corrected chi connectivity index (χ4v) is 3.37. The molecule has 0 spiro atoms. The van der Waals surface area contributed by atoms with Gasteiger partial charge >= 0.3 is 0 Å². The van der Waals surface area contributed by atoms with Crippen LogP contribution in [0.5, 0.6) is 0 Å². The van der Waals surface area contributed by atoms with Gasteiger partial charge < -0.3 is 24.1 Å². The van der Waals surface area contributed by atoms with E-state index in [1.807, 2.05) is 80.6 Å². The van der Waals surface area contributed by atoms with Crippen molar-refractivity contribution in [2.75, 3.05) is 13.2 Å². The largest absolute Gasteiger partial charge is 0.392 e. The summed E-state index contributed by atoms with van der Waals surface area (Å²) in [5.41, 5.74) is 2.18. The van der Waals surface area contributed by atoms with Crippen LogP contribution in [0.25, 0.3) is 0 Å². The quantitative estimate of drug-likeness (QED) is 0.650. The molecule has 29 heavy (non-hydrogen) atoms. The van der Waals surface area contributed by atoms with Gasteiger partial charge in [0.25, 0.3) is 0 Å². The molecule has 3 rings (SSSR count). The predicted molar refractivity (Wildman–Crippen MR) is 111 cm³/mol. The minimum atomic E-state index is -0.780. The molecule has 0 aliphatic carbocycles. The van der Waals surface area contributed by atoms with Crippen LogP contribution in [0.3, 0.4) is 0 Å². The summed E-state index contributed by atoms with van der Waals surface area (Å²) in [6.45, 7) is 5.03. The first-order valence-corrected chi connectivity index (χ1v) is 9.98. The van der Waals surface area contributed by atoms with Crippen LogP contribution in [-0.2, 0) is 32.2 Å². The van der Waals surface area contributed by atoms with E-state index in [2.05, 4.69) is 0 Å². The molecule has 1 saturated heterocycles. The fourth-order valence-electron chi connectivity index (χ4n) is 3.37. The van der Waals surface area contributed by atoms with Gasteiger partial charge in [0.15, 0.2) is 5.79 Å². The molecular formula is C24H30O5. The molecule has 3 atom stereocenters. The van der Waals surface area contributed by atoms with E-state index in [0.29, 0.717) is 19.8 Å². The van der Waals surface area contributed by atoms with E-state index in [0.717, 1.165) is 11.1 Å². The Hall–Kier alpha value is -2.02. The minimum Gasteiger partial charge on any atom is -0.392 e. The maximum Gasteiger partial charge on any atom is 0.164 e. The van der Waals surface area contributed by atoms with E-state index in [-0.39, 0.29) is 24.9 Å². The maximum absolute atomic E-state index is 9.22. The van der Waals surface area contributed by atoms with Crippen molar-refractivity contribution in [1.29, 1.82) is 0 Å². The summed E-state index contributed by atoms with van der Waals surface area (Å²) < 4.78 is 24.4. The molecule has 0 aromatic heterocycles. The molecule has 1 aliphatic rings. The third-order valence-electron chi connectivity index (χ3n) is 4.66. The Bertz CT molecular complexity index is 744. The average Bonchev–Trinajstić information content (AvgIpc) is 2.72. The fraction of sp³-hybridized carbons (Fsp3) is 0.417. The monoisotopic (exact) mass is 398 g/mol. The SMILES string of the molecule is CC1(C)O[C@@H](C=CCO)C(OCc2ccccc2)[C@@H](COCc2ccccc2)O1. The highest BCUT2D eigenvalue weighted by molar-refractivity contribution is 5.14. The first-order chi connectivity index (χ1) is 14.1. The number of hydrogen-bond acceptors (Lipinski definition) is 5. The molecule has 0 bridgehead atoms. The summed E-state index contributed by atoms with van der Waals surface area (Å²) in [7, 11) is 0. The van der Waals surface area contributed by atoms with Crippen molar-refractivity contribution < 1.29 is 24.1 Å². The van der Waals surface area contributed by atoms with Crippen LogP contribution in [0.4, 0.5) is 0 Å². The van der Waals surface area contributed by atoms with Gasteiger partial charge in [0.1, 0.15) is 18.3 Å². The van der Waals surface area contributed by atoms with Crippen molar-refractivity contribution in [2.24, 2.45) is 0 Å². The third kappa shape index (κ3) is 6.77. The Morgan fingerprint density at radius 1 is 0.931 bits per heavy atom. The van der Waals surface area contributed by atoms with Crippen LogP contribution < -0.4 is 0 Å². The van der Waals surface area contributed by atoms with Gasteiger partial charge in [-0.1, -0.05) is 72.8 Å². The Kier molecular flexibility index (Phi) is 7.98. The van der Waals surface area contributed by atoms with E-state index in [9.17, 15) is 5.11 Å². The highest BCUT2D eigenvalue weighted by atomic mass is 16.7. The van der Waals surface area contributed by atoms with Crippen LogP contribution in [0.2, 0.25) is 0 Å². The molecule has 1 aliphatic heterocycles. The van der Waals surface area contributed by atoms with Crippen LogP contribution >= 0.6 is 0 Å². The lowest BCUT2D eigenvalue weighted by Gasteiger charge is -2.44. The van der Waals surface area contributed by atoms with Crippen molar-refractivity contribution >= 4 is 0 Å². The summed E-state index contributed by atoms with van der Waals surface area (Å²) in [4.78, 5) is 0. The van der Waals surface area contributed by atoms with Crippen LogP contribution in [-0.4, -0.2) is 42.4 Å². The number of aliphatic hydroxyl groups excluding tert-OH is 1. The molecule has 1 unspecified atom stereocenters. The van der Waals surface area contributed by atoms with Gasteiger partial charge in [-0.2, -0.15) is 0 Å². The molecule has 156 valence electrons. The van der Waals surface area contributed by atoms with Gasteiger partial charge in [-0.3, -0.25) is 0 Å². The molecule has 5 heteroatoms. The molecule has 5 nitrogen and oxygen atoms in total. The van der Waals surface area contributed by atoms with E-state index < -0.39 is 5.79 Å². The number of aliphatic hydroxyl groups is 1. The molecular weight excluding hydrogens is 368 g/mol. The van der Waals surface area contributed by atoms with Gasteiger partial charge in [-0.25, -0.2) is 0 Å². The summed E-state index contributed by atoms with van der Waals surface area (Å²) in [6, 6.07) is 20.0. The number of rotatable bonds is 9. The van der Waals surface area contributed by atoms with Crippen molar-refractivity contribution in [2.45, 2.75) is 51.2 Å². The molecule has 1 N–H and O–H groups in total. The van der Waals surface area contributed by atoms with Crippen LogP contribution in [0, 0.1) is 0 Å². The number of benzene rings is 2. The first-order valence-electron chi connectivity index (χ1n) is 9.98. The number of ether oxygens (including phenoxy) is 4. The molecule has 1 fully saturated rings. The minimum absolute atomic E-state index is 0.0538. The molecule has 0 amide bonds. The number of hydrogen-bond donors (Lipinski definition) is 1. The van der Waals surface area contributed by atoms with Gasteiger partial charge in [0.2, 0.25) is 0 Å². The zero-order valence-electron chi connectivity index (χ0n) is 17.1. The lowest BCUT2D eigenvalue weighted by atomic mass is 10.0. The zero-order valence-corrected chi connectivity index (χ0v) is 17.1. The van der Waals surface area contributed by atoms with Crippen molar-refractivity contribution in [3.05, 3.63) is 83.9 Å². The second-order valence-corrected chi connectivity index (χ2v) is 7.51. The lowest BCUT2D eigenvalue weighted by molar-refractivity contribution is -0.336. The van der Waals surface area contributed by atoms with Gasteiger partial charge in [-0.05, 0) is 25.0 Å².